The van der Waals surface area contributed by atoms with Crippen LogP contribution in [0, 0.1) is 0 Å². The minimum atomic E-state index is 0.432. The average Bonchev–Trinajstić information content (AvgIpc) is 3.06. The summed E-state index contributed by atoms with van der Waals surface area (Å²) in [6, 6.07) is 5.19. The van der Waals surface area contributed by atoms with Crippen LogP contribution in [0.3, 0.4) is 0 Å². The fourth-order valence-electron chi connectivity index (χ4n) is 2.82. The van der Waals surface area contributed by atoms with Crippen molar-refractivity contribution in [1.82, 2.24) is 15.5 Å². The zero-order valence-corrected chi connectivity index (χ0v) is 15.4. The number of nitrogens with zero attached hydrogens (tertiary/aromatic N) is 2. The minimum Gasteiger partial charge on any atom is -0.379 e. The number of guanidine groups is 1. The van der Waals surface area contributed by atoms with Crippen molar-refractivity contribution in [3.63, 3.8) is 0 Å². The summed E-state index contributed by atoms with van der Waals surface area (Å²) in [6.45, 7) is 11.8. The van der Waals surface area contributed by atoms with E-state index < -0.39 is 0 Å². The topological polar surface area (TPSA) is 48.9 Å². The first-order chi connectivity index (χ1) is 11.2. The molecule has 130 valence electrons. The van der Waals surface area contributed by atoms with Gasteiger partial charge < -0.3 is 15.4 Å². The van der Waals surface area contributed by atoms with Gasteiger partial charge in [0.15, 0.2) is 5.96 Å². The Balaban J connectivity index is 1.79. The van der Waals surface area contributed by atoms with Gasteiger partial charge in [0, 0.05) is 36.6 Å². The number of morpholine rings is 1. The van der Waals surface area contributed by atoms with Gasteiger partial charge in [0.2, 0.25) is 0 Å². The summed E-state index contributed by atoms with van der Waals surface area (Å²) in [7, 11) is 0. The van der Waals surface area contributed by atoms with E-state index in [1.54, 1.807) is 11.3 Å². The first-order valence-electron chi connectivity index (χ1n) is 8.58. The van der Waals surface area contributed by atoms with Crippen LogP contribution in [0.15, 0.2) is 22.5 Å². The third-order valence-corrected chi connectivity index (χ3v) is 5.02. The van der Waals surface area contributed by atoms with Crippen molar-refractivity contribution in [2.75, 3.05) is 39.4 Å². The van der Waals surface area contributed by atoms with Gasteiger partial charge in [-0.05, 0) is 38.6 Å². The maximum atomic E-state index is 5.51. The van der Waals surface area contributed by atoms with Gasteiger partial charge >= 0.3 is 0 Å². The highest BCUT2D eigenvalue weighted by Crippen LogP contribution is 2.11. The third-order valence-electron chi connectivity index (χ3n) is 4.09. The molecule has 0 saturated carbocycles. The van der Waals surface area contributed by atoms with Gasteiger partial charge in [0.1, 0.15) is 0 Å². The molecule has 2 N–H and O–H groups in total. The molecule has 0 aromatic carbocycles. The molecule has 0 amide bonds. The SMILES string of the molecule is CCNC(=NCC(C)N1CCOCC1C)NCCc1cccs1. The van der Waals surface area contributed by atoms with E-state index in [-0.39, 0.29) is 0 Å². The maximum absolute atomic E-state index is 5.51. The number of nitrogens with one attached hydrogen (secondary N) is 2. The van der Waals surface area contributed by atoms with Gasteiger partial charge in [-0.3, -0.25) is 9.89 Å². The average molecular weight is 339 g/mol. The van der Waals surface area contributed by atoms with E-state index >= 15 is 0 Å². The molecule has 2 heterocycles. The molecule has 6 heteroatoms. The molecule has 23 heavy (non-hydrogen) atoms. The Morgan fingerprint density at radius 1 is 1.52 bits per heavy atom. The lowest BCUT2D eigenvalue weighted by molar-refractivity contribution is -0.0165. The summed E-state index contributed by atoms with van der Waals surface area (Å²) in [6.07, 6.45) is 1.04. The van der Waals surface area contributed by atoms with Crippen LogP contribution in [0.4, 0.5) is 0 Å². The highest BCUT2D eigenvalue weighted by atomic mass is 32.1. The molecular weight excluding hydrogens is 308 g/mol. The number of ether oxygens (including phenoxy) is 1. The molecule has 2 unspecified atom stereocenters. The van der Waals surface area contributed by atoms with Crippen molar-refractivity contribution in [2.45, 2.75) is 39.3 Å². The second-order valence-electron chi connectivity index (χ2n) is 5.99. The molecule has 0 spiro atoms. The van der Waals surface area contributed by atoms with Crippen molar-refractivity contribution < 1.29 is 4.74 Å². The Bertz CT molecular complexity index is 463. The number of hydrogen-bond acceptors (Lipinski definition) is 4. The van der Waals surface area contributed by atoms with Crippen molar-refractivity contribution in [1.29, 1.82) is 0 Å². The van der Waals surface area contributed by atoms with Gasteiger partial charge in [0.05, 0.1) is 19.8 Å². The van der Waals surface area contributed by atoms with Gasteiger partial charge in [0.25, 0.3) is 0 Å². The lowest BCUT2D eigenvalue weighted by Crippen LogP contribution is -2.49. The van der Waals surface area contributed by atoms with E-state index in [2.05, 4.69) is 53.8 Å². The normalized spacial score (nSPS) is 21.2. The fraction of sp³-hybridized carbons (Fsp3) is 0.706. The van der Waals surface area contributed by atoms with Gasteiger partial charge in [-0.2, -0.15) is 0 Å². The molecule has 0 bridgehead atoms. The lowest BCUT2D eigenvalue weighted by atomic mass is 10.2. The first-order valence-corrected chi connectivity index (χ1v) is 9.46. The summed E-state index contributed by atoms with van der Waals surface area (Å²) in [4.78, 5) is 8.65. The monoisotopic (exact) mass is 338 g/mol. The zero-order valence-electron chi connectivity index (χ0n) is 14.5. The Morgan fingerprint density at radius 2 is 2.39 bits per heavy atom. The second-order valence-corrected chi connectivity index (χ2v) is 7.02. The van der Waals surface area contributed by atoms with Crippen LogP contribution in [0.1, 0.15) is 25.6 Å². The van der Waals surface area contributed by atoms with Gasteiger partial charge in [-0.25, -0.2) is 0 Å². The van der Waals surface area contributed by atoms with Crippen LogP contribution in [0.2, 0.25) is 0 Å². The van der Waals surface area contributed by atoms with Gasteiger partial charge in [-0.15, -0.1) is 11.3 Å². The minimum absolute atomic E-state index is 0.432. The van der Waals surface area contributed by atoms with E-state index in [0.717, 1.165) is 51.8 Å². The van der Waals surface area contributed by atoms with Crippen LogP contribution >= 0.6 is 11.3 Å². The summed E-state index contributed by atoms with van der Waals surface area (Å²) < 4.78 is 5.51. The molecule has 1 aromatic rings. The molecule has 2 atom stereocenters. The fourth-order valence-corrected chi connectivity index (χ4v) is 3.53. The Morgan fingerprint density at radius 3 is 3.09 bits per heavy atom. The number of thiophene rings is 1. The van der Waals surface area contributed by atoms with E-state index in [1.165, 1.54) is 4.88 Å². The highest BCUT2D eigenvalue weighted by Gasteiger charge is 2.23. The van der Waals surface area contributed by atoms with Crippen molar-refractivity contribution in [3.8, 4) is 0 Å². The van der Waals surface area contributed by atoms with E-state index in [4.69, 9.17) is 9.73 Å². The summed E-state index contributed by atoms with van der Waals surface area (Å²) in [5.74, 6) is 0.914. The van der Waals surface area contributed by atoms with Crippen molar-refractivity contribution >= 4 is 17.3 Å². The lowest BCUT2D eigenvalue weighted by Gasteiger charge is -2.37. The molecule has 1 aromatic heterocycles. The number of hydrogen-bond donors (Lipinski definition) is 2. The maximum Gasteiger partial charge on any atom is 0.191 e. The molecule has 0 radical (unpaired) electrons. The van der Waals surface area contributed by atoms with Gasteiger partial charge in [-0.1, -0.05) is 6.07 Å². The largest absolute Gasteiger partial charge is 0.379 e. The Hall–Kier alpha value is -1.11. The molecule has 1 aliphatic heterocycles. The third kappa shape index (κ3) is 6.12. The quantitative estimate of drug-likeness (QED) is 0.589. The predicted octanol–water partition coefficient (Wildman–Crippen LogP) is 1.95. The highest BCUT2D eigenvalue weighted by molar-refractivity contribution is 7.09. The Labute approximate surface area is 144 Å². The number of rotatable bonds is 7. The van der Waals surface area contributed by atoms with Crippen LogP contribution in [0.5, 0.6) is 0 Å². The smallest absolute Gasteiger partial charge is 0.191 e. The van der Waals surface area contributed by atoms with Crippen LogP contribution in [-0.4, -0.2) is 62.3 Å². The van der Waals surface area contributed by atoms with Crippen molar-refractivity contribution in [3.05, 3.63) is 22.4 Å². The molecular formula is C17H30N4OS. The molecule has 1 fully saturated rings. The van der Waals surface area contributed by atoms with E-state index in [1.807, 2.05) is 0 Å². The zero-order chi connectivity index (χ0) is 16.5. The van der Waals surface area contributed by atoms with Crippen LogP contribution < -0.4 is 10.6 Å². The molecule has 1 saturated heterocycles. The second kappa shape index (κ2) is 9.90. The molecule has 1 aliphatic rings. The van der Waals surface area contributed by atoms with E-state index in [0.29, 0.717) is 12.1 Å². The first kappa shape index (κ1) is 18.2. The van der Waals surface area contributed by atoms with Crippen LogP contribution in [-0.2, 0) is 11.2 Å². The van der Waals surface area contributed by atoms with Crippen LogP contribution in [0.25, 0.3) is 0 Å². The molecule has 5 nitrogen and oxygen atoms in total. The number of aliphatic imine (C=N–C) groups is 1. The standard InChI is InChI=1S/C17H30N4OS/c1-4-18-17(19-8-7-16-6-5-11-23-16)20-12-14(2)21-9-10-22-13-15(21)3/h5-6,11,14-15H,4,7-10,12-13H2,1-3H3,(H2,18,19,20). The summed E-state index contributed by atoms with van der Waals surface area (Å²) in [5, 5.41) is 8.89. The summed E-state index contributed by atoms with van der Waals surface area (Å²) >= 11 is 1.81. The van der Waals surface area contributed by atoms with E-state index in [9.17, 15) is 0 Å². The predicted molar refractivity (Wildman–Crippen MR) is 98.5 cm³/mol. The Kier molecular flexibility index (Phi) is 7.85. The van der Waals surface area contributed by atoms with Crippen molar-refractivity contribution in [2.24, 2.45) is 4.99 Å². The summed E-state index contributed by atoms with van der Waals surface area (Å²) in [5.41, 5.74) is 0. The molecule has 2 rings (SSSR count). The molecule has 0 aliphatic carbocycles.